The summed E-state index contributed by atoms with van der Waals surface area (Å²) in [5.74, 6) is 1.27. The summed E-state index contributed by atoms with van der Waals surface area (Å²) < 4.78 is 0. The predicted octanol–water partition coefficient (Wildman–Crippen LogP) is 3.81. The monoisotopic (exact) mass is 367 g/mol. The Hall–Kier alpha value is -2.63. The van der Waals surface area contributed by atoms with Crippen molar-refractivity contribution < 1.29 is 4.79 Å². The van der Waals surface area contributed by atoms with Crippen LogP contribution in [-0.4, -0.2) is 42.1 Å². The molecule has 144 valence electrons. The van der Waals surface area contributed by atoms with Crippen LogP contribution in [0.2, 0.25) is 0 Å². The van der Waals surface area contributed by atoms with Gasteiger partial charge in [-0.05, 0) is 56.9 Å². The van der Waals surface area contributed by atoms with Crippen molar-refractivity contribution in [3.63, 3.8) is 0 Å². The smallest absolute Gasteiger partial charge is 0.274 e. The molecule has 1 amide bonds. The number of rotatable bonds is 6. The van der Waals surface area contributed by atoms with E-state index in [1.165, 1.54) is 12.7 Å². The van der Waals surface area contributed by atoms with E-state index in [9.17, 15) is 4.79 Å². The number of nitrogens with one attached hydrogen (secondary N) is 1. The third-order valence-electron chi connectivity index (χ3n) is 5.12. The third kappa shape index (κ3) is 4.76. The van der Waals surface area contributed by atoms with Crippen molar-refractivity contribution in [2.75, 3.05) is 41.3 Å². The molecule has 1 saturated heterocycles. The minimum atomic E-state index is -0.209. The van der Waals surface area contributed by atoms with Gasteiger partial charge in [0.25, 0.3) is 5.91 Å². The quantitative estimate of drug-likeness (QED) is 0.841. The minimum Gasteiger partial charge on any atom is -0.372 e. The molecule has 1 atom stereocenters. The van der Waals surface area contributed by atoms with Crippen LogP contribution in [0.5, 0.6) is 0 Å². The van der Waals surface area contributed by atoms with Crippen LogP contribution < -0.4 is 15.1 Å². The highest BCUT2D eigenvalue weighted by Gasteiger charge is 2.19. The van der Waals surface area contributed by atoms with E-state index in [0.29, 0.717) is 11.6 Å². The van der Waals surface area contributed by atoms with Crippen molar-refractivity contribution in [1.29, 1.82) is 0 Å². The second-order valence-corrected chi connectivity index (χ2v) is 7.13. The first kappa shape index (κ1) is 19.1. The molecule has 0 aliphatic carbocycles. The maximum absolute atomic E-state index is 12.6. The number of carbonyl (C=O) groups is 1. The van der Waals surface area contributed by atoms with Crippen molar-refractivity contribution in [1.82, 2.24) is 9.97 Å². The molecule has 1 aromatic carbocycles. The molecule has 1 aliphatic rings. The predicted molar refractivity (Wildman–Crippen MR) is 111 cm³/mol. The first-order valence-corrected chi connectivity index (χ1v) is 9.84. The number of amides is 1. The van der Waals surface area contributed by atoms with Gasteiger partial charge in [0.2, 0.25) is 0 Å². The first-order chi connectivity index (χ1) is 13.1. The molecule has 0 bridgehead atoms. The van der Waals surface area contributed by atoms with Crippen LogP contribution in [0.15, 0.2) is 36.7 Å². The normalized spacial score (nSPS) is 16.9. The lowest BCUT2D eigenvalue weighted by molar-refractivity contribution is 0.102. The van der Waals surface area contributed by atoms with Gasteiger partial charge in [0.1, 0.15) is 17.8 Å². The average Bonchev–Trinajstić information content (AvgIpc) is 2.70. The third-order valence-corrected chi connectivity index (χ3v) is 5.12. The Morgan fingerprint density at radius 3 is 2.63 bits per heavy atom. The molecule has 1 N–H and O–H groups in total. The Morgan fingerprint density at radius 1 is 1.22 bits per heavy atom. The van der Waals surface area contributed by atoms with Crippen LogP contribution >= 0.6 is 0 Å². The first-order valence-electron chi connectivity index (χ1n) is 9.84. The largest absolute Gasteiger partial charge is 0.372 e. The fourth-order valence-electron chi connectivity index (χ4n) is 3.58. The Kier molecular flexibility index (Phi) is 6.27. The molecule has 2 heterocycles. The van der Waals surface area contributed by atoms with Crippen LogP contribution in [0.25, 0.3) is 0 Å². The van der Waals surface area contributed by atoms with Crippen LogP contribution in [0.1, 0.15) is 44.1 Å². The zero-order chi connectivity index (χ0) is 19.2. The topological polar surface area (TPSA) is 61.4 Å². The summed E-state index contributed by atoms with van der Waals surface area (Å²) >= 11 is 0. The van der Waals surface area contributed by atoms with E-state index >= 15 is 0 Å². The summed E-state index contributed by atoms with van der Waals surface area (Å²) in [7, 11) is 0. The summed E-state index contributed by atoms with van der Waals surface area (Å²) in [6, 6.07) is 9.71. The highest BCUT2D eigenvalue weighted by Crippen LogP contribution is 2.22. The maximum Gasteiger partial charge on any atom is 0.274 e. The molecule has 3 rings (SSSR count). The molecule has 6 heteroatoms. The van der Waals surface area contributed by atoms with Gasteiger partial charge < -0.3 is 15.1 Å². The van der Waals surface area contributed by atoms with Gasteiger partial charge in [0.15, 0.2) is 0 Å². The van der Waals surface area contributed by atoms with Crippen molar-refractivity contribution in [2.24, 2.45) is 5.92 Å². The molecule has 1 aliphatic heterocycles. The van der Waals surface area contributed by atoms with Gasteiger partial charge in [-0.3, -0.25) is 4.79 Å². The number of nitrogens with zero attached hydrogens (tertiary/aromatic N) is 4. The van der Waals surface area contributed by atoms with Crippen LogP contribution in [0.3, 0.4) is 0 Å². The molecule has 1 aromatic heterocycles. The number of anilines is 3. The molecule has 1 unspecified atom stereocenters. The van der Waals surface area contributed by atoms with Crippen LogP contribution in [-0.2, 0) is 0 Å². The second kappa shape index (κ2) is 8.84. The number of carbonyl (C=O) groups excluding carboxylic acids is 1. The van der Waals surface area contributed by atoms with Gasteiger partial charge >= 0.3 is 0 Å². The van der Waals surface area contributed by atoms with Gasteiger partial charge in [-0.15, -0.1) is 0 Å². The van der Waals surface area contributed by atoms with Gasteiger partial charge in [0.05, 0.1) is 0 Å². The zero-order valence-electron chi connectivity index (χ0n) is 16.5. The van der Waals surface area contributed by atoms with E-state index in [1.807, 2.05) is 24.3 Å². The summed E-state index contributed by atoms with van der Waals surface area (Å²) in [6.45, 7) is 10.4. The number of hydrogen-bond acceptors (Lipinski definition) is 5. The molecule has 1 fully saturated rings. The van der Waals surface area contributed by atoms with Crippen molar-refractivity contribution in [2.45, 2.75) is 33.6 Å². The summed E-state index contributed by atoms with van der Waals surface area (Å²) in [5.41, 5.74) is 2.32. The average molecular weight is 367 g/mol. The van der Waals surface area contributed by atoms with E-state index in [1.54, 1.807) is 6.07 Å². The Balaban J connectivity index is 1.68. The van der Waals surface area contributed by atoms with Gasteiger partial charge in [-0.2, -0.15) is 0 Å². The highest BCUT2D eigenvalue weighted by atomic mass is 16.1. The van der Waals surface area contributed by atoms with E-state index in [4.69, 9.17) is 0 Å². The number of aromatic nitrogens is 2. The standard InChI is InChI=1S/C21H29N5O/c1-4-25(5-2)18-10-8-17(9-11-18)24-21(27)19-13-20(23-15-22-19)26-12-6-7-16(3)14-26/h8-11,13,15-16H,4-7,12,14H2,1-3H3,(H,24,27). The maximum atomic E-state index is 12.6. The van der Waals surface area contributed by atoms with E-state index in [-0.39, 0.29) is 5.91 Å². The van der Waals surface area contributed by atoms with Crippen LogP contribution in [0.4, 0.5) is 17.2 Å². The van der Waals surface area contributed by atoms with E-state index < -0.39 is 0 Å². The Labute approximate surface area is 161 Å². The Morgan fingerprint density at radius 2 is 1.96 bits per heavy atom. The molecular weight excluding hydrogens is 338 g/mol. The van der Waals surface area contributed by atoms with Gasteiger partial charge in [0, 0.05) is 43.6 Å². The molecule has 27 heavy (non-hydrogen) atoms. The van der Waals surface area contributed by atoms with Gasteiger partial charge in [-0.1, -0.05) is 6.92 Å². The number of hydrogen-bond donors (Lipinski definition) is 1. The summed E-state index contributed by atoms with van der Waals surface area (Å²) in [6.07, 6.45) is 3.89. The minimum absolute atomic E-state index is 0.209. The molecule has 0 saturated carbocycles. The van der Waals surface area contributed by atoms with Crippen molar-refractivity contribution >= 4 is 23.1 Å². The molecule has 0 radical (unpaired) electrons. The van der Waals surface area contributed by atoms with Crippen molar-refractivity contribution in [3.05, 3.63) is 42.4 Å². The zero-order valence-corrected chi connectivity index (χ0v) is 16.5. The van der Waals surface area contributed by atoms with Gasteiger partial charge in [-0.25, -0.2) is 9.97 Å². The second-order valence-electron chi connectivity index (χ2n) is 7.13. The van der Waals surface area contributed by atoms with E-state index in [0.717, 1.165) is 49.8 Å². The fourth-order valence-corrected chi connectivity index (χ4v) is 3.58. The SMILES string of the molecule is CCN(CC)c1ccc(NC(=O)c2cc(N3CCCC(C)C3)ncn2)cc1. The lowest BCUT2D eigenvalue weighted by Gasteiger charge is -2.31. The Bertz CT molecular complexity index is 757. The van der Waals surface area contributed by atoms with Crippen LogP contribution in [0, 0.1) is 5.92 Å². The molecule has 6 nitrogen and oxygen atoms in total. The fraction of sp³-hybridized carbons (Fsp3) is 0.476. The summed E-state index contributed by atoms with van der Waals surface area (Å²) in [5, 5.41) is 2.93. The lowest BCUT2D eigenvalue weighted by Crippen LogP contribution is -2.35. The summed E-state index contributed by atoms with van der Waals surface area (Å²) in [4.78, 5) is 25.7. The molecule has 0 spiro atoms. The number of benzene rings is 1. The molecule has 2 aromatic rings. The van der Waals surface area contributed by atoms with E-state index in [2.05, 4.69) is 45.9 Å². The lowest BCUT2D eigenvalue weighted by atomic mass is 10.0. The number of piperidine rings is 1. The molecular formula is C21H29N5O. The highest BCUT2D eigenvalue weighted by molar-refractivity contribution is 6.03. The van der Waals surface area contributed by atoms with Crippen molar-refractivity contribution in [3.8, 4) is 0 Å².